The molecule has 1 heterocycles. The van der Waals surface area contributed by atoms with Gasteiger partial charge in [0.1, 0.15) is 0 Å². The van der Waals surface area contributed by atoms with Gasteiger partial charge >= 0.3 is 6.03 Å². The highest BCUT2D eigenvalue weighted by Gasteiger charge is 2.34. The van der Waals surface area contributed by atoms with Crippen LogP contribution < -0.4 is 10.2 Å². The van der Waals surface area contributed by atoms with Gasteiger partial charge in [-0.3, -0.25) is 0 Å². The number of piperazine rings is 1. The van der Waals surface area contributed by atoms with Crippen LogP contribution in [0.5, 0.6) is 0 Å². The molecule has 1 aliphatic heterocycles. The van der Waals surface area contributed by atoms with Crippen LogP contribution in [0.15, 0.2) is 54.6 Å². The van der Waals surface area contributed by atoms with Gasteiger partial charge in [0.05, 0.1) is 6.04 Å². The van der Waals surface area contributed by atoms with E-state index in [4.69, 9.17) is 0 Å². The van der Waals surface area contributed by atoms with Crippen LogP contribution in [-0.2, 0) is 0 Å². The van der Waals surface area contributed by atoms with E-state index in [9.17, 15) is 4.79 Å². The Balaban J connectivity index is 1.36. The third-order valence-corrected chi connectivity index (χ3v) is 5.46. The van der Waals surface area contributed by atoms with E-state index in [0.717, 1.165) is 26.2 Å². The molecular formula is C22H27N3O. The molecule has 0 spiro atoms. The zero-order valence-corrected chi connectivity index (χ0v) is 15.4. The van der Waals surface area contributed by atoms with Gasteiger partial charge in [-0.2, -0.15) is 0 Å². The quantitative estimate of drug-likeness (QED) is 0.906. The fraction of sp³-hybridized carbons (Fsp3) is 0.409. The van der Waals surface area contributed by atoms with E-state index in [1.165, 1.54) is 29.7 Å². The fourth-order valence-electron chi connectivity index (χ4n) is 3.78. The van der Waals surface area contributed by atoms with E-state index >= 15 is 0 Å². The lowest BCUT2D eigenvalue weighted by Gasteiger charge is -2.37. The molecule has 4 heteroatoms. The van der Waals surface area contributed by atoms with Crippen molar-refractivity contribution in [1.29, 1.82) is 0 Å². The number of nitrogens with zero attached hydrogens (tertiary/aromatic N) is 2. The van der Waals surface area contributed by atoms with Crippen molar-refractivity contribution < 1.29 is 4.79 Å². The Morgan fingerprint density at radius 1 is 1.00 bits per heavy atom. The summed E-state index contributed by atoms with van der Waals surface area (Å²) in [5.41, 5.74) is 3.75. The van der Waals surface area contributed by atoms with E-state index in [1.54, 1.807) is 0 Å². The van der Waals surface area contributed by atoms with Crippen molar-refractivity contribution in [3.63, 3.8) is 0 Å². The maximum absolute atomic E-state index is 12.8. The highest BCUT2D eigenvalue weighted by atomic mass is 16.2. The minimum Gasteiger partial charge on any atom is -0.368 e. The van der Waals surface area contributed by atoms with Crippen molar-refractivity contribution in [2.45, 2.75) is 25.8 Å². The molecular weight excluding hydrogens is 322 g/mol. The lowest BCUT2D eigenvalue weighted by atomic mass is 10.0. The predicted molar refractivity (Wildman–Crippen MR) is 105 cm³/mol. The Morgan fingerprint density at radius 3 is 2.38 bits per heavy atom. The smallest absolute Gasteiger partial charge is 0.318 e. The van der Waals surface area contributed by atoms with Crippen LogP contribution in [0.2, 0.25) is 0 Å². The van der Waals surface area contributed by atoms with Crippen LogP contribution in [-0.4, -0.2) is 37.1 Å². The maximum atomic E-state index is 12.8. The van der Waals surface area contributed by atoms with Crippen molar-refractivity contribution >= 4 is 11.7 Å². The third-order valence-electron chi connectivity index (χ3n) is 5.46. The standard InChI is InChI=1S/C22H27N3O/c1-17-6-5-9-20(16-17)24-12-14-25(15-13-24)22(26)23-21(19-10-11-19)18-7-3-2-4-8-18/h2-9,16,19,21H,10-15H2,1H3,(H,23,26). The Kier molecular flexibility index (Phi) is 4.83. The summed E-state index contributed by atoms with van der Waals surface area (Å²) in [5.74, 6) is 0.593. The first-order valence-electron chi connectivity index (χ1n) is 9.63. The summed E-state index contributed by atoms with van der Waals surface area (Å²) >= 11 is 0. The Bertz CT molecular complexity index is 749. The lowest BCUT2D eigenvalue weighted by Crippen LogP contribution is -2.52. The van der Waals surface area contributed by atoms with Crippen molar-refractivity contribution in [3.05, 3.63) is 65.7 Å². The van der Waals surface area contributed by atoms with Crippen LogP contribution in [0.4, 0.5) is 10.5 Å². The zero-order valence-electron chi connectivity index (χ0n) is 15.4. The predicted octanol–water partition coefficient (Wildman–Crippen LogP) is 3.98. The Labute approximate surface area is 155 Å². The minimum atomic E-state index is 0.0784. The molecule has 0 radical (unpaired) electrons. The van der Waals surface area contributed by atoms with Crippen LogP contribution in [0, 0.1) is 12.8 Å². The van der Waals surface area contributed by atoms with E-state index in [-0.39, 0.29) is 12.1 Å². The molecule has 1 N–H and O–H groups in total. The van der Waals surface area contributed by atoms with Crippen molar-refractivity contribution in [2.24, 2.45) is 5.92 Å². The van der Waals surface area contributed by atoms with Gasteiger partial charge < -0.3 is 15.1 Å². The van der Waals surface area contributed by atoms with Gasteiger partial charge in [0.2, 0.25) is 0 Å². The number of rotatable bonds is 4. The maximum Gasteiger partial charge on any atom is 0.318 e. The number of carbonyl (C=O) groups is 1. The van der Waals surface area contributed by atoms with E-state index in [0.29, 0.717) is 5.92 Å². The average Bonchev–Trinajstić information content (AvgIpc) is 3.52. The van der Waals surface area contributed by atoms with E-state index in [1.807, 2.05) is 11.0 Å². The highest BCUT2D eigenvalue weighted by Crippen LogP contribution is 2.41. The summed E-state index contributed by atoms with van der Waals surface area (Å²) in [4.78, 5) is 17.1. The van der Waals surface area contributed by atoms with Crippen LogP contribution in [0.3, 0.4) is 0 Å². The number of urea groups is 1. The summed E-state index contributed by atoms with van der Waals surface area (Å²) < 4.78 is 0. The van der Waals surface area contributed by atoms with Crippen molar-refractivity contribution in [1.82, 2.24) is 10.2 Å². The zero-order chi connectivity index (χ0) is 17.9. The van der Waals surface area contributed by atoms with Gasteiger partial charge in [0, 0.05) is 31.9 Å². The molecule has 26 heavy (non-hydrogen) atoms. The number of amides is 2. The number of hydrogen-bond donors (Lipinski definition) is 1. The number of aryl methyl sites for hydroxylation is 1. The molecule has 1 aliphatic carbocycles. The molecule has 2 aromatic rings. The normalized spacial score (nSPS) is 18.5. The molecule has 2 aromatic carbocycles. The van der Waals surface area contributed by atoms with Crippen LogP contribution in [0.25, 0.3) is 0 Å². The molecule has 1 saturated carbocycles. The summed E-state index contributed by atoms with van der Waals surface area (Å²) in [6.45, 7) is 5.43. The molecule has 2 aliphatic rings. The molecule has 0 bridgehead atoms. The average molecular weight is 349 g/mol. The largest absolute Gasteiger partial charge is 0.368 e. The number of anilines is 1. The van der Waals surface area contributed by atoms with Gasteiger partial charge in [0.25, 0.3) is 0 Å². The Hall–Kier alpha value is -2.49. The molecule has 4 nitrogen and oxygen atoms in total. The molecule has 1 unspecified atom stereocenters. The van der Waals surface area contributed by atoms with Gasteiger partial charge in [0.15, 0.2) is 0 Å². The first-order valence-corrected chi connectivity index (χ1v) is 9.63. The van der Waals surface area contributed by atoms with Crippen LogP contribution >= 0.6 is 0 Å². The SMILES string of the molecule is Cc1cccc(N2CCN(C(=O)NC(c3ccccc3)C3CC3)CC2)c1. The number of carbonyl (C=O) groups excluding carboxylic acids is 1. The first kappa shape index (κ1) is 17.0. The first-order chi connectivity index (χ1) is 12.7. The number of hydrogen-bond acceptors (Lipinski definition) is 2. The number of benzene rings is 2. The summed E-state index contributed by atoms with van der Waals surface area (Å²) in [6.07, 6.45) is 2.42. The topological polar surface area (TPSA) is 35.6 Å². The summed E-state index contributed by atoms with van der Waals surface area (Å²) in [7, 11) is 0. The number of nitrogens with one attached hydrogen (secondary N) is 1. The molecule has 1 saturated heterocycles. The molecule has 136 valence electrons. The highest BCUT2D eigenvalue weighted by molar-refractivity contribution is 5.75. The molecule has 1 atom stereocenters. The Morgan fingerprint density at radius 2 is 1.73 bits per heavy atom. The summed E-state index contributed by atoms with van der Waals surface area (Å²) in [5, 5.41) is 3.30. The monoisotopic (exact) mass is 349 g/mol. The van der Waals surface area contributed by atoms with Crippen molar-refractivity contribution in [2.75, 3.05) is 31.1 Å². The van der Waals surface area contributed by atoms with Gasteiger partial charge in [-0.05, 0) is 48.9 Å². The van der Waals surface area contributed by atoms with Gasteiger partial charge in [-0.1, -0.05) is 42.5 Å². The van der Waals surface area contributed by atoms with E-state index in [2.05, 4.69) is 65.7 Å². The van der Waals surface area contributed by atoms with Gasteiger partial charge in [-0.25, -0.2) is 4.79 Å². The summed E-state index contributed by atoms with van der Waals surface area (Å²) in [6, 6.07) is 19.2. The second kappa shape index (κ2) is 7.40. The third kappa shape index (κ3) is 3.85. The molecule has 2 fully saturated rings. The van der Waals surface area contributed by atoms with Crippen LogP contribution in [0.1, 0.15) is 30.0 Å². The molecule has 0 aromatic heterocycles. The molecule has 2 amide bonds. The van der Waals surface area contributed by atoms with Gasteiger partial charge in [-0.15, -0.1) is 0 Å². The fourth-order valence-corrected chi connectivity index (χ4v) is 3.78. The second-order valence-electron chi connectivity index (χ2n) is 7.49. The van der Waals surface area contributed by atoms with Crippen molar-refractivity contribution in [3.8, 4) is 0 Å². The molecule has 4 rings (SSSR count). The minimum absolute atomic E-state index is 0.0784. The lowest BCUT2D eigenvalue weighted by molar-refractivity contribution is 0.189. The van der Waals surface area contributed by atoms with E-state index < -0.39 is 0 Å². The second-order valence-corrected chi connectivity index (χ2v) is 7.49.